The molecule has 0 bridgehead atoms. The number of hydrogen-bond donors (Lipinski definition) is 0. The molecule has 0 saturated carbocycles. The van der Waals surface area contributed by atoms with Gasteiger partial charge in [0.15, 0.2) is 5.78 Å². The molecule has 4 heteroatoms. The highest BCUT2D eigenvalue weighted by Gasteiger charge is 2.19. The Balaban J connectivity index is 2.16. The third-order valence-corrected chi connectivity index (χ3v) is 4.21. The summed E-state index contributed by atoms with van der Waals surface area (Å²) in [7, 11) is 0. The zero-order valence-electron chi connectivity index (χ0n) is 14.3. The number of allylic oxidation sites excluding steroid dienone is 2. The zero-order chi connectivity index (χ0) is 18.5. The lowest BCUT2D eigenvalue weighted by Crippen LogP contribution is -2.05. The number of non-ortho nitro benzene ring substituents is 1. The molecule has 0 aliphatic carbocycles. The van der Waals surface area contributed by atoms with E-state index < -0.39 is 4.92 Å². The quantitative estimate of drug-likeness (QED) is 0.205. The van der Waals surface area contributed by atoms with E-state index in [0.29, 0.717) is 16.7 Å². The largest absolute Gasteiger partial charge is 0.289 e. The van der Waals surface area contributed by atoms with Gasteiger partial charge in [-0.15, -0.1) is 0 Å². The summed E-state index contributed by atoms with van der Waals surface area (Å²) in [6.07, 6.45) is 0. The first-order valence-electron chi connectivity index (χ1n) is 8.19. The van der Waals surface area contributed by atoms with Crippen LogP contribution in [-0.4, -0.2) is 10.7 Å². The van der Waals surface area contributed by atoms with Crippen molar-refractivity contribution in [2.75, 3.05) is 0 Å². The number of carbonyl (C=O) groups excluding carboxylic acids is 1. The second kappa shape index (κ2) is 7.57. The van der Waals surface area contributed by atoms with Gasteiger partial charge in [-0.2, -0.15) is 0 Å². The molecule has 0 aliphatic rings. The van der Waals surface area contributed by atoms with Gasteiger partial charge >= 0.3 is 0 Å². The molecule has 0 radical (unpaired) electrons. The van der Waals surface area contributed by atoms with Crippen molar-refractivity contribution >= 4 is 22.6 Å². The van der Waals surface area contributed by atoms with E-state index in [1.807, 2.05) is 55.5 Å². The summed E-state index contributed by atoms with van der Waals surface area (Å²) in [6, 6.07) is 24.8. The number of nitro benzene ring substituents is 1. The molecule has 0 aliphatic heterocycles. The van der Waals surface area contributed by atoms with Crippen LogP contribution in [0.4, 0.5) is 5.69 Å². The molecule has 0 heterocycles. The highest BCUT2D eigenvalue weighted by atomic mass is 16.6. The number of benzene rings is 3. The minimum Gasteiger partial charge on any atom is -0.289 e. The van der Waals surface area contributed by atoms with Gasteiger partial charge < -0.3 is 0 Å². The van der Waals surface area contributed by atoms with Crippen molar-refractivity contribution in [3.05, 3.63) is 112 Å². The van der Waals surface area contributed by atoms with Crippen molar-refractivity contribution in [1.82, 2.24) is 0 Å². The van der Waals surface area contributed by atoms with E-state index in [1.165, 1.54) is 12.1 Å². The zero-order valence-corrected chi connectivity index (χ0v) is 14.3. The minimum atomic E-state index is -0.448. The second-order valence-electron chi connectivity index (χ2n) is 5.87. The van der Waals surface area contributed by atoms with Gasteiger partial charge in [-0.25, -0.2) is 0 Å². The Bertz CT molecular complexity index is 959. The SMILES string of the molecule is C/C(=C(\C(=O)c1ccccc1)c1ccc([N+](=O)[O-])cc1)c1ccccc1. The first kappa shape index (κ1) is 17.3. The lowest BCUT2D eigenvalue weighted by molar-refractivity contribution is -0.384. The molecule has 0 saturated heterocycles. The van der Waals surface area contributed by atoms with Crippen LogP contribution >= 0.6 is 0 Å². The average Bonchev–Trinajstić information content (AvgIpc) is 2.69. The highest BCUT2D eigenvalue weighted by Crippen LogP contribution is 2.30. The first-order chi connectivity index (χ1) is 12.6. The van der Waals surface area contributed by atoms with Gasteiger partial charge in [0.2, 0.25) is 0 Å². The Morgan fingerprint density at radius 2 is 1.23 bits per heavy atom. The normalized spacial score (nSPS) is 11.6. The molecule has 0 atom stereocenters. The van der Waals surface area contributed by atoms with E-state index in [2.05, 4.69) is 0 Å². The Kier molecular flexibility index (Phi) is 5.04. The van der Waals surface area contributed by atoms with Crippen LogP contribution in [0.3, 0.4) is 0 Å². The molecule has 0 amide bonds. The molecule has 0 unspecified atom stereocenters. The molecule has 0 fully saturated rings. The summed E-state index contributed by atoms with van der Waals surface area (Å²) in [5.74, 6) is -0.110. The molecular formula is C22H17NO3. The van der Waals surface area contributed by atoms with Crippen LogP contribution in [0.5, 0.6) is 0 Å². The van der Waals surface area contributed by atoms with Crippen LogP contribution in [-0.2, 0) is 0 Å². The molecule has 3 rings (SSSR count). The number of ketones is 1. The number of carbonyl (C=O) groups is 1. The first-order valence-corrected chi connectivity index (χ1v) is 8.19. The minimum absolute atomic E-state index is 0.00220. The summed E-state index contributed by atoms with van der Waals surface area (Å²) in [5, 5.41) is 10.9. The maximum absolute atomic E-state index is 13.2. The summed E-state index contributed by atoms with van der Waals surface area (Å²) in [5.41, 5.74) is 3.54. The molecule has 4 nitrogen and oxygen atoms in total. The van der Waals surface area contributed by atoms with Crippen molar-refractivity contribution in [1.29, 1.82) is 0 Å². The second-order valence-corrected chi connectivity index (χ2v) is 5.87. The standard InChI is InChI=1S/C22H17NO3/c1-16(17-8-4-2-5-9-17)21(22(24)19-10-6-3-7-11-19)18-12-14-20(15-13-18)23(25)26/h2-15H,1H3/b21-16+. The van der Waals surface area contributed by atoms with Gasteiger partial charge in [0, 0.05) is 23.3 Å². The molecule has 26 heavy (non-hydrogen) atoms. The molecule has 0 aromatic heterocycles. The maximum Gasteiger partial charge on any atom is 0.269 e. The molecule has 3 aromatic carbocycles. The van der Waals surface area contributed by atoms with Crippen LogP contribution in [0.25, 0.3) is 11.1 Å². The monoisotopic (exact) mass is 343 g/mol. The van der Waals surface area contributed by atoms with Crippen molar-refractivity contribution in [3.8, 4) is 0 Å². The fraction of sp³-hybridized carbons (Fsp3) is 0.0455. The summed E-state index contributed by atoms with van der Waals surface area (Å²) >= 11 is 0. The number of nitro groups is 1. The number of nitrogens with zero attached hydrogens (tertiary/aromatic N) is 1. The van der Waals surface area contributed by atoms with Gasteiger partial charge in [0.1, 0.15) is 0 Å². The van der Waals surface area contributed by atoms with Gasteiger partial charge in [0.05, 0.1) is 4.92 Å². The molecule has 0 N–H and O–H groups in total. The Morgan fingerprint density at radius 3 is 1.73 bits per heavy atom. The van der Waals surface area contributed by atoms with Gasteiger partial charge in [-0.1, -0.05) is 60.7 Å². The van der Waals surface area contributed by atoms with E-state index >= 15 is 0 Å². The van der Waals surface area contributed by atoms with Crippen molar-refractivity contribution in [3.63, 3.8) is 0 Å². The molecule has 0 spiro atoms. The fourth-order valence-electron chi connectivity index (χ4n) is 2.83. The number of Topliss-reactive ketones (excluding diaryl/α,β-unsaturated/α-hetero) is 1. The van der Waals surface area contributed by atoms with Gasteiger partial charge in [0.25, 0.3) is 5.69 Å². The van der Waals surface area contributed by atoms with Crippen molar-refractivity contribution < 1.29 is 9.72 Å². The lowest BCUT2D eigenvalue weighted by atomic mass is 9.90. The third-order valence-electron chi connectivity index (χ3n) is 4.21. The predicted octanol–water partition coefficient (Wildman–Crippen LogP) is 5.41. The smallest absolute Gasteiger partial charge is 0.269 e. The Hall–Kier alpha value is -3.53. The van der Waals surface area contributed by atoms with Crippen molar-refractivity contribution in [2.45, 2.75) is 6.92 Å². The van der Waals surface area contributed by atoms with Crippen LogP contribution in [0.2, 0.25) is 0 Å². The highest BCUT2D eigenvalue weighted by molar-refractivity contribution is 6.34. The Morgan fingerprint density at radius 1 is 0.731 bits per heavy atom. The molecule has 128 valence electrons. The van der Waals surface area contributed by atoms with Crippen molar-refractivity contribution in [2.24, 2.45) is 0 Å². The average molecular weight is 343 g/mol. The van der Waals surface area contributed by atoms with Crippen LogP contribution in [0, 0.1) is 10.1 Å². The lowest BCUT2D eigenvalue weighted by Gasteiger charge is -2.13. The Labute approximate surface area is 151 Å². The van der Waals surface area contributed by atoms with Gasteiger partial charge in [-0.05, 0) is 35.8 Å². The number of rotatable bonds is 5. The third kappa shape index (κ3) is 3.59. The molecular weight excluding hydrogens is 326 g/mol. The van der Waals surface area contributed by atoms with Crippen LogP contribution in [0.15, 0.2) is 84.9 Å². The topological polar surface area (TPSA) is 60.2 Å². The van der Waals surface area contributed by atoms with E-state index in [4.69, 9.17) is 0 Å². The maximum atomic E-state index is 13.2. The van der Waals surface area contributed by atoms with Crippen LogP contribution < -0.4 is 0 Å². The summed E-state index contributed by atoms with van der Waals surface area (Å²) in [6.45, 7) is 1.90. The van der Waals surface area contributed by atoms with E-state index in [9.17, 15) is 14.9 Å². The van der Waals surface area contributed by atoms with Crippen LogP contribution in [0.1, 0.15) is 28.4 Å². The molecule has 3 aromatic rings. The summed E-state index contributed by atoms with van der Waals surface area (Å²) < 4.78 is 0. The summed E-state index contributed by atoms with van der Waals surface area (Å²) in [4.78, 5) is 23.7. The van der Waals surface area contributed by atoms with E-state index in [0.717, 1.165) is 11.1 Å². The number of hydrogen-bond acceptors (Lipinski definition) is 3. The van der Waals surface area contributed by atoms with Gasteiger partial charge in [-0.3, -0.25) is 14.9 Å². The fourth-order valence-corrected chi connectivity index (χ4v) is 2.83. The van der Waals surface area contributed by atoms with E-state index in [1.54, 1.807) is 24.3 Å². The van der Waals surface area contributed by atoms with E-state index in [-0.39, 0.29) is 11.5 Å². The predicted molar refractivity (Wildman–Crippen MR) is 103 cm³/mol.